The lowest BCUT2D eigenvalue weighted by Crippen LogP contribution is -1.86. The third kappa shape index (κ3) is 3.06. The highest BCUT2D eigenvalue weighted by molar-refractivity contribution is 5.80. The van der Waals surface area contributed by atoms with Gasteiger partial charge in [-0.25, -0.2) is 9.97 Å². The summed E-state index contributed by atoms with van der Waals surface area (Å²) in [7, 11) is 0. The molecule has 122 valence electrons. The summed E-state index contributed by atoms with van der Waals surface area (Å²) in [5.41, 5.74) is 7.28. The molecule has 25 heavy (non-hydrogen) atoms. The van der Waals surface area contributed by atoms with Gasteiger partial charge >= 0.3 is 0 Å². The minimum Gasteiger partial charge on any atom is -0.336 e. The van der Waals surface area contributed by atoms with Crippen LogP contribution in [0.2, 0.25) is 0 Å². The van der Waals surface area contributed by atoms with Crippen LogP contribution in [-0.2, 0) is 0 Å². The van der Waals surface area contributed by atoms with Crippen LogP contribution in [0.15, 0.2) is 67.1 Å². The highest BCUT2D eigenvalue weighted by atomic mass is 15.0. The summed E-state index contributed by atoms with van der Waals surface area (Å²) >= 11 is 0. The first kappa shape index (κ1) is 15.3. The van der Waals surface area contributed by atoms with E-state index in [1.165, 1.54) is 11.1 Å². The Hall–Kier alpha value is -3.27. The molecule has 4 nitrogen and oxygen atoms in total. The second-order valence-corrected chi connectivity index (χ2v) is 6.13. The Balaban J connectivity index is 1.89. The average molecular weight is 326 g/mol. The largest absolute Gasteiger partial charge is 0.336 e. The van der Waals surface area contributed by atoms with Gasteiger partial charge in [-0.15, -0.1) is 0 Å². The summed E-state index contributed by atoms with van der Waals surface area (Å²) < 4.78 is 0. The molecule has 2 aromatic heterocycles. The number of benzene rings is 2. The SMILES string of the molecule is Cc1ccc(-c2nc(-c3cnccn3)[nH]c2-c2ccc(C)cc2)cc1. The van der Waals surface area contributed by atoms with Crippen LogP contribution in [0.5, 0.6) is 0 Å². The highest BCUT2D eigenvalue weighted by Gasteiger charge is 2.15. The van der Waals surface area contributed by atoms with Crippen molar-refractivity contribution in [2.24, 2.45) is 0 Å². The number of aromatic nitrogens is 4. The number of imidazole rings is 1. The standard InChI is InChI=1S/C21H18N4/c1-14-3-7-16(8-4-14)19-20(17-9-5-15(2)6-10-17)25-21(24-19)18-13-22-11-12-23-18/h3-13H,1-2H3,(H,24,25). The molecule has 0 spiro atoms. The zero-order chi connectivity index (χ0) is 17.2. The van der Waals surface area contributed by atoms with E-state index in [2.05, 4.69) is 77.3 Å². The van der Waals surface area contributed by atoms with E-state index in [0.717, 1.165) is 34.0 Å². The quantitative estimate of drug-likeness (QED) is 0.587. The van der Waals surface area contributed by atoms with Crippen molar-refractivity contribution in [3.05, 3.63) is 78.2 Å². The van der Waals surface area contributed by atoms with E-state index in [9.17, 15) is 0 Å². The van der Waals surface area contributed by atoms with Crippen molar-refractivity contribution in [3.63, 3.8) is 0 Å². The number of nitrogens with zero attached hydrogens (tertiary/aromatic N) is 3. The molecular formula is C21H18N4. The van der Waals surface area contributed by atoms with Crippen molar-refractivity contribution in [1.82, 2.24) is 19.9 Å². The lowest BCUT2D eigenvalue weighted by atomic mass is 10.0. The number of H-pyrrole nitrogens is 1. The molecule has 0 bridgehead atoms. The Kier molecular flexibility index (Phi) is 3.86. The van der Waals surface area contributed by atoms with Crippen molar-refractivity contribution in [1.29, 1.82) is 0 Å². The van der Waals surface area contributed by atoms with Crippen LogP contribution in [0, 0.1) is 13.8 Å². The first-order valence-corrected chi connectivity index (χ1v) is 8.21. The summed E-state index contributed by atoms with van der Waals surface area (Å²) in [6, 6.07) is 16.8. The summed E-state index contributed by atoms with van der Waals surface area (Å²) in [5.74, 6) is 0.722. The number of hydrogen-bond donors (Lipinski definition) is 1. The molecule has 2 aromatic carbocycles. The molecular weight excluding hydrogens is 308 g/mol. The van der Waals surface area contributed by atoms with Gasteiger partial charge < -0.3 is 4.98 Å². The van der Waals surface area contributed by atoms with Gasteiger partial charge in [0.2, 0.25) is 0 Å². The van der Waals surface area contributed by atoms with E-state index in [-0.39, 0.29) is 0 Å². The van der Waals surface area contributed by atoms with Crippen LogP contribution in [0.4, 0.5) is 0 Å². The topological polar surface area (TPSA) is 54.5 Å². The number of aromatic amines is 1. The number of rotatable bonds is 3. The molecule has 4 aromatic rings. The van der Waals surface area contributed by atoms with Gasteiger partial charge in [-0.1, -0.05) is 59.7 Å². The maximum absolute atomic E-state index is 4.82. The third-order valence-corrected chi connectivity index (χ3v) is 4.17. The van der Waals surface area contributed by atoms with Crippen LogP contribution >= 0.6 is 0 Å². The molecule has 0 fully saturated rings. The molecule has 0 aliphatic carbocycles. The average Bonchev–Trinajstić information content (AvgIpc) is 3.09. The summed E-state index contributed by atoms with van der Waals surface area (Å²) in [6.07, 6.45) is 5.06. The van der Waals surface area contributed by atoms with E-state index in [0.29, 0.717) is 0 Å². The zero-order valence-corrected chi connectivity index (χ0v) is 14.2. The fourth-order valence-electron chi connectivity index (χ4n) is 2.77. The van der Waals surface area contributed by atoms with Gasteiger partial charge in [0.25, 0.3) is 0 Å². The monoisotopic (exact) mass is 326 g/mol. The molecule has 0 saturated heterocycles. The molecule has 4 heteroatoms. The van der Waals surface area contributed by atoms with Crippen molar-refractivity contribution in [3.8, 4) is 34.0 Å². The molecule has 0 aliphatic rings. The van der Waals surface area contributed by atoms with E-state index >= 15 is 0 Å². The predicted molar refractivity (Wildman–Crippen MR) is 100.0 cm³/mol. The van der Waals surface area contributed by atoms with Crippen LogP contribution in [0.1, 0.15) is 11.1 Å². The Bertz CT molecular complexity index is 922. The van der Waals surface area contributed by atoms with Crippen LogP contribution < -0.4 is 0 Å². The summed E-state index contributed by atoms with van der Waals surface area (Å²) in [6.45, 7) is 4.17. The number of nitrogens with one attached hydrogen (secondary N) is 1. The minimum absolute atomic E-state index is 0.722. The van der Waals surface area contributed by atoms with Crippen molar-refractivity contribution in [2.45, 2.75) is 13.8 Å². The third-order valence-electron chi connectivity index (χ3n) is 4.17. The second-order valence-electron chi connectivity index (χ2n) is 6.13. The summed E-state index contributed by atoms with van der Waals surface area (Å²) in [4.78, 5) is 16.8. The first-order chi connectivity index (χ1) is 12.2. The fraction of sp³-hybridized carbons (Fsp3) is 0.0952. The van der Waals surface area contributed by atoms with Gasteiger partial charge in [0, 0.05) is 23.5 Å². The Morgan fingerprint density at radius 2 is 1.40 bits per heavy atom. The number of aryl methyl sites for hydroxylation is 2. The van der Waals surface area contributed by atoms with E-state index in [1.807, 2.05) is 0 Å². The van der Waals surface area contributed by atoms with E-state index < -0.39 is 0 Å². The molecule has 4 rings (SSSR count). The normalized spacial score (nSPS) is 10.8. The molecule has 2 heterocycles. The predicted octanol–water partition coefficient (Wildman–Crippen LogP) is 4.82. The molecule has 1 N–H and O–H groups in total. The van der Waals surface area contributed by atoms with E-state index in [1.54, 1.807) is 18.6 Å². The molecule has 0 saturated carbocycles. The van der Waals surface area contributed by atoms with Crippen molar-refractivity contribution in [2.75, 3.05) is 0 Å². The first-order valence-electron chi connectivity index (χ1n) is 8.21. The minimum atomic E-state index is 0.722. The molecule has 0 radical (unpaired) electrons. The van der Waals surface area contributed by atoms with Crippen molar-refractivity contribution < 1.29 is 0 Å². The maximum atomic E-state index is 4.82. The zero-order valence-electron chi connectivity index (χ0n) is 14.2. The van der Waals surface area contributed by atoms with E-state index in [4.69, 9.17) is 4.98 Å². The van der Waals surface area contributed by atoms with Crippen molar-refractivity contribution >= 4 is 0 Å². The molecule has 0 amide bonds. The molecule has 0 unspecified atom stereocenters. The molecule has 0 atom stereocenters. The lowest BCUT2D eigenvalue weighted by Gasteiger charge is -2.04. The smallest absolute Gasteiger partial charge is 0.158 e. The maximum Gasteiger partial charge on any atom is 0.158 e. The van der Waals surface area contributed by atoms with Gasteiger partial charge in [-0.05, 0) is 13.8 Å². The van der Waals surface area contributed by atoms with Crippen LogP contribution in [0.3, 0.4) is 0 Å². The molecule has 0 aliphatic heterocycles. The van der Waals surface area contributed by atoms with Gasteiger partial charge in [-0.3, -0.25) is 4.98 Å². The number of hydrogen-bond acceptors (Lipinski definition) is 3. The van der Waals surface area contributed by atoms with Gasteiger partial charge in [-0.2, -0.15) is 0 Å². The second kappa shape index (κ2) is 6.32. The Morgan fingerprint density at radius 1 is 0.760 bits per heavy atom. The Labute approximate surface area is 146 Å². The fourth-order valence-corrected chi connectivity index (χ4v) is 2.77. The highest BCUT2D eigenvalue weighted by Crippen LogP contribution is 2.32. The van der Waals surface area contributed by atoms with Crippen LogP contribution in [0.25, 0.3) is 34.0 Å². The Morgan fingerprint density at radius 3 is 2.00 bits per heavy atom. The van der Waals surface area contributed by atoms with Gasteiger partial charge in [0.15, 0.2) is 5.82 Å². The van der Waals surface area contributed by atoms with Gasteiger partial charge in [0.05, 0.1) is 17.6 Å². The van der Waals surface area contributed by atoms with Gasteiger partial charge in [0.1, 0.15) is 5.69 Å². The summed E-state index contributed by atoms with van der Waals surface area (Å²) in [5, 5.41) is 0. The van der Waals surface area contributed by atoms with Crippen LogP contribution in [-0.4, -0.2) is 19.9 Å². The lowest BCUT2D eigenvalue weighted by molar-refractivity contribution is 1.16.